The summed E-state index contributed by atoms with van der Waals surface area (Å²) in [6.45, 7) is 11.8. The normalized spacial score (nSPS) is 20.7. The Morgan fingerprint density at radius 1 is 1.44 bits per heavy atom. The van der Waals surface area contributed by atoms with Crippen LogP contribution in [-0.2, 0) is 4.79 Å². The summed E-state index contributed by atoms with van der Waals surface area (Å²) in [7, 11) is 0. The summed E-state index contributed by atoms with van der Waals surface area (Å²) in [6.07, 6.45) is 1.14. The molecule has 0 saturated heterocycles. The summed E-state index contributed by atoms with van der Waals surface area (Å²) in [5, 5.41) is 4.72. The molecule has 18 heavy (non-hydrogen) atoms. The van der Waals surface area contributed by atoms with Gasteiger partial charge in [-0.2, -0.15) is 0 Å². The van der Waals surface area contributed by atoms with Crippen LogP contribution in [0, 0.1) is 10.8 Å². The first-order chi connectivity index (χ1) is 8.10. The van der Waals surface area contributed by atoms with Crippen molar-refractivity contribution in [3.8, 4) is 0 Å². The molecule has 0 aliphatic carbocycles. The lowest BCUT2D eigenvalue weighted by atomic mass is 9.90. The largest absolute Gasteiger partial charge is 0.369 e. The van der Waals surface area contributed by atoms with Crippen molar-refractivity contribution in [3.05, 3.63) is 0 Å². The second kappa shape index (κ2) is 5.51. The third-order valence-corrected chi connectivity index (χ3v) is 4.05. The summed E-state index contributed by atoms with van der Waals surface area (Å²) < 4.78 is 0. The van der Waals surface area contributed by atoms with E-state index in [4.69, 9.17) is 5.73 Å². The molecule has 0 fully saturated rings. The van der Waals surface area contributed by atoms with E-state index in [0.29, 0.717) is 17.2 Å². The number of thioether (sulfide) groups is 1. The van der Waals surface area contributed by atoms with E-state index in [0.717, 1.165) is 18.1 Å². The third kappa shape index (κ3) is 4.88. The number of nitrogens with two attached hydrogens (primary N) is 1. The second-order valence-electron chi connectivity index (χ2n) is 6.75. The Labute approximate surface area is 114 Å². The van der Waals surface area contributed by atoms with Crippen molar-refractivity contribution in [3.63, 3.8) is 0 Å². The van der Waals surface area contributed by atoms with Gasteiger partial charge in [-0.15, -0.1) is 0 Å². The van der Waals surface area contributed by atoms with E-state index < -0.39 is 5.41 Å². The van der Waals surface area contributed by atoms with Crippen LogP contribution in [0.25, 0.3) is 0 Å². The highest BCUT2D eigenvalue weighted by Crippen LogP contribution is 2.31. The second-order valence-corrected chi connectivity index (χ2v) is 8.04. The van der Waals surface area contributed by atoms with E-state index >= 15 is 0 Å². The number of rotatable bonds is 4. The number of amides is 1. The van der Waals surface area contributed by atoms with Crippen LogP contribution in [0.5, 0.6) is 0 Å². The molecular formula is C13H25N3OS. The predicted octanol–water partition coefficient (Wildman–Crippen LogP) is 2.00. The highest BCUT2D eigenvalue weighted by atomic mass is 32.2. The maximum absolute atomic E-state index is 11.2. The maximum atomic E-state index is 11.2. The van der Waals surface area contributed by atoms with Crippen molar-refractivity contribution in [1.29, 1.82) is 0 Å². The first-order valence-corrected chi connectivity index (χ1v) is 7.23. The summed E-state index contributed by atoms with van der Waals surface area (Å²) in [6, 6.07) is 0. The molecule has 0 aromatic heterocycles. The van der Waals surface area contributed by atoms with E-state index in [1.54, 1.807) is 11.8 Å². The molecule has 1 unspecified atom stereocenters. The molecule has 104 valence electrons. The van der Waals surface area contributed by atoms with Crippen molar-refractivity contribution in [2.45, 2.75) is 46.3 Å². The molecule has 1 heterocycles. The minimum atomic E-state index is -0.537. The minimum absolute atomic E-state index is 0.287. The number of nitrogens with zero attached hydrogens (tertiary/aromatic N) is 1. The standard InChI is InChI=1S/C13H25N3OS/c1-12(2,3)6-9-7-15-11(18-9)16-8-13(4,5)10(14)17/h9H,6-8H2,1-5H3,(H2,14,17)(H,15,16). The topological polar surface area (TPSA) is 67.5 Å². The van der Waals surface area contributed by atoms with Gasteiger partial charge in [-0.1, -0.05) is 32.5 Å². The fourth-order valence-electron chi connectivity index (χ4n) is 1.69. The van der Waals surface area contributed by atoms with Crippen LogP contribution in [0.2, 0.25) is 0 Å². The van der Waals surface area contributed by atoms with Crippen molar-refractivity contribution in [1.82, 2.24) is 5.32 Å². The molecule has 1 aliphatic heterocycles. The van der Waals surface area contributed by atoms with Gasteiger partial charge in [0, 0.05) is 11.8 Å². The molecule has 5 heteroatoms. The zero-order valence-electron chi connectivity index (χ0n) is 12.0. The molecule has 4 nitrogen and oxygen atoms in total. The molecule has 0 aromatic carbocycles. The molecule has 0 aromatic rings. The molecule has 0 spiro atoms. The van der Waals surface area contributed by atoms with Crippen LogP contribution in [0.3, 0.4) is 0 Å². The third-order valence-electron chi connectivity index (χ3n) is 2.91. The van der Waals surface area contributed by atoms with Gasteiger partial charge in [0.1, 0.15) is 0 Å². The quantitative estimate of drug-likeness (QED) is 0.821. The van der Waals surface area contributed by atoms with Gasteiger partial charge in [0.2, 0.25) is 5.91 Å². The van der Waals surface area contributed by atoms with Gasteiger partial charge in [0.05, 0.1) is 12.0 Å². The van der Waals surface area contributed by atoms with Crippen LogP contribution >= 0.6 is 11.8 Å². The Hall–Kier alpha value is -0.710. The van der Waals surface area contributed by atoms with Gasteiger partial charge in [-0.05, 0) is 25.7 Å². The van der Waals surface area contributed by atoms with Gasteiger partial charge in [-0.25, -0.2) is 0 Å². The summed E-state index contributed by atoms with van der Waals surface area (Å²) >= 11 is 1.78. The summed E-state index contributed by atoms with van der Waals surface area (Å²) in [5.41, 5.74) is 5.13. The van der Waals surface area contributed by atoms with E-state index in [2.05, 4.69) is 31.1 Å². The molecule has 1 atom stereocenters. The number of carbonyl (C=O) groups excluding carboxylic acids is 1. The fourth-order valence-corrected chi connectivity index (χ4v) is 3.04. The van der Waals surface area contributed by atoms with Crippen LogP contribution in [0.15, 0.2) is 4.99 Å². The van der Waals surface area contributed by atoms with E-state index in [9.17, 15) is 4.79 Å². The Morgan fingerprint density at radius 3 is 2.56 bits per heavy atom. The van der Waals surface area contributed by atoms with Crippen LogP contribution in [-0.4, -0.2) is 29.4 Å². The summed E-state index contributed by atoms with van der Waals surface area (Å²) in [5.74, 6) is -0.287. The maximum Gasteiger partial charge on any atom is 0.224 e. The van der Waals surface area contributed by atoms with Crippen LogP contribution in [0.4, 0.5) is 0 Å². The Balaban J connectivity index is 2.37. The molecular weight excluding hydrogens is 246 g/mol. The van der Waals surface area contributed by atoms with E-state index in [1.807, 2.05) is 13.8 Å². The van der Waals surface area contributed by atoms with Crippen molar-refractivity contribution < 1.29 is 4.79 Å². The predicted molar refractivity (Wildman–Crippen MR) is 78.7 cm³/mol. The molecule has 3 N–H and O–H groups in total. The smallest absolute Gasteiger partial charge is 0.224 e. The summed E-state index contributed by atoms with van der Waals surface area (Å²) in [4.78, 5) is 15.7. The number of aliphatic imine (C=N–C) groups is 1. The fraction of sp³-hybridized carbons (Fsp3) is 0.846. The first-order valence-electron chi connectivity index (χ1n) is 6.35. The number of nitrogens with one attached hydrogen (secondary N) is 1. The Kier molecular flexibility index (Phi) is 4.70. The van der Waals surface area contributed by atoms with Gasteiger partial charge < -0.3 is 11.1 Å². The van der Waals surface area contributed by atoms with Crippen molar-refractivity contribution in [2.75, 3.05) is 13.1 Å². The average Bonchev–Trinajstić information content (AvgIpc) is 2.60. The van der Waals surface area contributed by atoms with E-state index in [1.165, 1.54) is 0 Å². The zero-order valence-corrected chi connectivity index (χ0v) is 12.9. The average molecular weight is 271 g/mol. The molecule has 1 rings (SSSR count). The number of hydrogen-bond acceptors (Lipinski definition) is 4. The zero-order chi connectivity index (χ0) is 14.0. The first kappa shape index (κ1) is 15.3. The minimum Gasteiger partial charge on any atom is -0.369 e. The number of primary amides is 1. The van der Waals surface area contributed by atoms with Gasteiger partial charge >= 0.3 is 0 Å². The number of carbonyl (C=O) groups is 1. The molecule has 1 amide bonds. The molecule has 1 aliphatic rings. The van der Waals surface area contributed by atoms with Crippen LogP contribution < -0.4 is 11.1 Å². The molecule has 0 bridgehead atoms. The SMILES string of the molecule is CC(C)(C)CC1CN=C(NCC(C)(C)C(N)=O)S1. The number of amidine groups is 1. The lowest BCUT2D eigenvalue weighted by molar-refractivity contribution is -0.125. The Morgan fingerprint density at radius 2 is 2.06 bits per heavy atom. The lowest BCUT2D eigenvalue weighted by Crippen LogP contribution is -2.41. The van der Waals surface area contributed by atoms with Gasteiger partial charge in [0.25, 0.3) is 0 Å². The molecule has 0 radical (unpaired) electrons. The highest BCUT2D eigenvalue weighted by molar-refractivity contribution is 8.14. The molecule has 0 saturated carbocycles. The van der Waals surface area contributed by atoms with Crippen molar-refractivity contribution in [2.24, 2.45) is 21.6 Å². The highest BCUT2D eigenvalue weighted by Gasteiger charge is 2.28. The number of hydrogen-bond donors (Lipinski definition) is 2. The monoisotopic (exact) mass is 271 g/mol. The van der Waals surface area contributed by atoms with Crippen LogP contribution in [0.1, 0.15) is 41.0 Å². The van der Waals surface area contributed by atoms with Crippen molar-refractivity contribution >= 4 is 22.8 Å². The van der Waals surface area contributed by atoms with Gasteiger partial charge in [-0.3, -0.25) is 9.79 Å². The van der Waals surface area contributed by atoms with Gasteiger partial charge in [0.15, 0.2) is 5.17 Å². The Bertz CT molecular complexity index is 345. The lowest BCUT2D eigenvalue weighted by Gasteiger charge is -2.23. The van der Waals surface area contributed by atoms with E-state index in [-0.39, 0.29) is 5.91 Å².